The Bertz CT molecular complexity index is 795. The Morgan fingerprint density at radius 2 is 1.96 bits per heavy atom. The Hall–Kier alpha value is -1.80. The van der Waals surface area contributed by atoms with Crippen LogP contribution >= 0.6 is 27.3 Å². The number of piperidine rings is 1. The molecule has 0 saturated carbocycles. The van der Waals surface area contributed by atoms with E-state index in [1.54, 1.807) is 23.7 Å². The van der Waals surface area contributed by atoms with E-state index in [4.69, 9.17) is 4.98 Å². The van der Waals surface area contributed by atoms with E-state index in [-0.39, 0.29) is 0 Å². The summed E-state index contributed by atoms with van der Waals surface area (Å²) in [5.41, 5.74) is 0.986. The SMILES string of the molecule is CN(c1ncc(Br)cn1)C1CCN(c2nc3cnccc3s2)CC1. The third-order valence-electron chi connectivity index (χ3n) is 4.38. The van der Waals surface area contributed by atoms with Crippen LogP contribution in [0.2, 0.25) is 0 Å². The van der Waals surface area contributed by atoms with Gasteiger partial charge >= 0.3 is 0 Å². The number of thiazole rings is 1. The lowest BCUT2D eigenvalue weighted by atomic mass is 10.0. The first kappa shape index (κ1) is 15.7. The third-order valence-corrected chi connectivity index (χ3v) is 5.89. The molecule has 1 aliphatic heterocycles. The van der Waals surface area contributed by atoms with Crippen LogP contribution in [-0.4, -0.2) is 46.1 Å². The molecule has 1 fully saturated rings. The van der Waals surface area contributed by atoms with E-state index in [1.807, 2.05) is 18.5 Å². The first-order valence-corrected chi connectivity index (χ1v) is 9.47. The summed E-state index contributed by atoms with van der Waals surface area (Å²) in [5.74, 6) is 0.780. The Morgan fingerprint density at radius 1 is 1.21 bits per heavy atom. The Balaban J connectivity index is 1.43. The molecule has 0 radical (unpaired) electrons. The second-order valence-electron chi connectivity index (χ2n) is 5.87. The average molecular weight is 405 g/mol. The van der Waals surface area contributed by atoms with Gasteiger partial charge in [0.2, 0.25) is 5.95 Å². The molecule has 0 unspecified atom stereocenters. The molecular weight excluding hydrogens is 388 g/mol. The zero-order valence-electron chi connectivity index (χ0n) is 13.3. The highest BCUT2D eigenvalue weighted by atomic mass is 79.9. The molecule has 3 aromatic rings. The third kappa shape index (κ3) is 3.08. The number of rotatable bonds is 3. The number of nitrogens with zero attached hydrogens (tertiary/aromatic N) is 6. The van der Waals surface area contributed by atoms with Gasteiger partial charge in [-0.1, -0.05) is 11.3 Å². The highest BCUT2D eigenvalue weighted by Crippen LogP contribution is 2.30. The molecule has 0 aliphatic carbocycles. The molecule has 0 N–H and O–H groups in total. The van der Waals surface area contributed by atoms with Crippen LogP contribution < -0.4 is 9.80 Å². The van der Waals surface area contributed by atoms with Crippen LogP contribution in [-0.2, 0) is 0 Å². The number of pyridine rings is 1. The van der Waals surface area contributed by atoms with Gasteiger partial charge in [-0.2, -0.15) is 0 Å². The molecule has 3 aromatic heterocycles. The second kappa shape index (κ2) is 6.60. The fourth-order valence-corrected chi connectivity index (χ4v) is 4.19. The largest absolute Gasteiger partial charge is 0.348 e. The number of aromatic nitrogens is 4. The lowest BCUT2D eigenvalue weighted by molar-refractivity contribution is 0.477. The molecule has 1 saturated heterocycles. The van der Waals surface area contributed by atoms with Crippen LogP contribution in [0, 0.1) is 0 Å². The van der Waals surface area contributed by atoms with Crippen molar-refractivity contribution in [3.05, 3.63) is 35.3 Å². The van der Waals surface area contributed by atoms with Crippen molar-refractivity contribution < 1.29 is 0 Å². The number of anilines is 2. The van der Waals surface area contributed by atoms with Gasteiger partial charge in [0.1, 0.15) is 5.52 Å². The van der Waals surface area contributed by atoms with Crippen molar-refractivity contribution in [2.75, 3.05) is 29.9 Å². The topological polar surface area (TPSA) is 58.0 Å². The molecule has 4 heterocycles. The highest BCUT2D eigenvalue weighted by Gasteiger charge is 2.25. The van der Waals surface area contributed by atoms with Gasteiger partial charge in [0.15, 0.2) is 5.13 Å². The summed E-state index contributed by atoms with van der Waals surface area (Å²) in [4.78, 5) is 22.2. The van der Waals surface area contributed by atoms with E-state index >= 15 is 0 Å². The normalized spacial score (nSPS) is 15.8. The maximum absolute atomic E-state index is 4.71. The van der Waals surface area contributed by atoms with E-state index in [0.29, 0.717) is 6.04 Å². The predicted molar refractivity (Wildman–Crippen MR) is 101 cm³/mol. The summed E-state index contributed by atoms with van der Waals surface area (Å²) >= 11 is 5.12. The minimum absolute atomic E-state index is 0.457. The number of hydrogen-bond donors (Lipinski definition) is 0. The highest BCUT2D eigenvalue weighted by molar-refractivity contribution is 9.10. The van der Waals surface area contributed by atoms with Crippen molar-refractivity contribution >= 4 is 48.6 Å². The van der Waals surface area contributed by atoms with Crippen molar-refractivity contribution in [3.63, 3.8) is 0 Å². The fraction of sp³-hybridized carbons (Fsp3) is 0.375. The van der Waals surface area contributed by atoms with Gasteiger partial charge in [0.05, 0.1) is 15.4 Å². The van der Waals surface area contributed by atoms with Crippen molar-refractivity contribution in [2.45, 2.75) is 18.9 Å². The van der Waals surface area contributed by atoms with Gasteiger partial charge in [-0.15, -0.1) is 0 Å². The zero-order valence-corrected chi connectivity index (χ0v) is 15.7. The predicted octanol–water partition coefficient (Wildman–Crippen LogP) is 3.35. The maximum atomic E-state index is 4.71. The van der Waals surface area contributed by atoms with E-state index < -0.39 is 0 Å². The van der Waals surface area contributed by atoms with Crippen molar-refractivity contribution in [2.24, 2.45) is 0 Å². The number of fused-ring (bicyclic) bond motifs is 1. The van der Waals surface area contributed by atoms with Gasteiger partial charge in [0, 0.05) is 44.8 Å². The summed E-state index contributed by atoms with van der Waals surface area (Å²) < 4.78 is 2.10. The molecule has 4 rings (SSSR count). The van der Waals surface area contributed by atoms with Crippen LogP contribution in [0.3, 0.4) is 0 Å². The van der Waals surface area contributed by atoms with Crippen LogP contribution in [0.25, 0.3) is 10.2 Å². The molecule has 0 spiro atoms. The molecular formula is C16H17BrN6S. The molecule has 1 aliphatic rings. The van der Waals surface area contributed by atoms with Gasteiger partial charge in [-0.3, -0.25) is 4.98 Å². The lowest BCUT2D eigenvalue weighted by Gasteiger charge is -2.36. The first-order valence-electron chi connectivity index (χ1n) is 7.86. The number of hydrogen-bond acceptors (Lipinski definition) is 7. The Kier molecular flexibility index (Phi) is 4.32. The molecule has 0 amide bonds. The quantitative estimate of drug-likeness (QED) is 0.666. The van der Waals surface area contributed by atoms with Crippen molar-refractivity contribution in [1.29, 1.82) is 0 Å². The van der Waals surface area contributed by atoms with Crippen LogP contribution in [0.15, 0.2) is 35.3 Å². The summed E-state index contributed by atoms with van der Waals surface area (Å²) in [7, 11) is 2.08. The molecule has 0 atom stereocenters. The van der Waals surface area contributed by atoms with Gasteiger partial charge in [-0.25, -0.2) is 15.0 Å². The minimum Gasteiger partial charge on any atom is -0.348 e. The second-order valence-corrected chi connectivity index (χ2v) is 7.80. The molecule has 0 aromatic carbocycles. The van der Waals surface area contributed by atoms with Gasteiger partial charge < -0.3 is 9.80 Å². The van der Waals surface area contributed by atoms with E-state index in [9.17, 15) is 0 Å². The first-order chi connectivity index (χ1) is 11.7. The standard InChI is InChI=1S/C16H17BrN6S/c1-22(15-19-8-11(17)9-20-15)12-3-6-23(7-4-12)16-21-13-10-18-5-2-14(13)24-16/h2,5,8-10,12H,3-4,6-7H2,1H3. The van der Waals surface area contributed by atoms with E-state index in [1.165, 1.54) is 4.70 Å². The number of halogens is 1. The molecule has 8 heteroatoms. The monoisotopic (exact) mass is 404 g/mol. The van der Waals surface area contributed by atoms with Crippen LogP contribution in [0.5, 0.6) is 0 Å². The van der Waals surface area contributed by atoms with Gasteiger partial charge in [0.25, 0.3) is 0 Å². The molecule has 24 heavy (non-hydrogen) atoms. The smallest absolute Gasteiger partial charge is 0.225 e. The average Bonchev–Trinajstić information content (AvgIpc) is 3.06. The summed E-state index contributed by atoms with van der Waals surface area (Å²) in [6.45, 7) is 2.00. The fourth-order valence-electron chi connectivity index (χ4n) is 3.00. The summed E-state index contributed by atoms with van der Waals surface area (Å²) in [5, 5.41) is 1.10. The Labute approximate surface area is 152 Å². The Morgan fingerprint density at radius 3 is 2.67 bits per heavy atom. The van der Waals surface area contributed by atoms with Gasteiger partial charge in [-0.05, 0) is 34.8 Å². The molecule has 6 nitrogen and oxygen atoms in total. The zero-order chi connectivity index (χ0) is 16.5. The van der Waals surface area contributed by atoms with Crippen molar-refractivity contribution in [1.82, 2.24) is 19.9 Å². The maximum Gasteiger partial charge on any atom is 0.225 e. The van der Waals surface area contributed by atoms with Crippen molar-refractivity contribution in [3.8, 4) is 0 Å². The summed E-state index contributed by atoms with van der Waals surface area (Å²) in [6.07, 6.45) is 9.39. The van der Waals surface area contributed by atoms with Crippen LogP contribution in [0.4, 0.5) is 11.1 Å². The lowest BCUT2D eigenvalue weighted by Crippen LogP contribution is -2.44. The van der Waals surface area contributed by atoms with E-state index in [2.05, 4.69) is 47.7 Å². The van der Waals surface area contributed by atoms with Crippen LogP contribution in [0.1, 0.15) is 12.8 Å². The minimum atomic E-state index is 0.457. The van der Waals surface area contributed by atoms with E-state index in [0.717, 1.165) is 47.0 Å². The summed E-state index contributed by atoms with van der Waals surface area (Å²) in [6, 6.07) is 2.49. The molecule has 124 valence electrons. The molecule has 0 bridgehead atoms.